The zero-order chi connectivity index (χ0) is 20.7. The molecule has 2 aromatic rings. The molecule has 1 amide bonds. The van der Waals surface area contributed by atoms with Gasteiger partial charge in [-0.05, 0) is 24.6 Å². The molecule has 0 aliphatic carbocycles. The van der Waals surface area contributed by atoms with Crippen molar-refractivity contribution in [2.24, 2.45) is 0 Å². The Bertz CT molecular complexity index is 936. The van der Waals surface area contributed by atoms with Gasteiger partial charge in [0.15, 0.2) is 5.78 Å². The lowest BCUT2D eigenvalue weighted by Gasteiger charge is -2.12. The van der Waals surface area contributed by atoms with E-state index in [1.54, 1.807) is 18.2 Å². The summed E-state index contributed by atoms with van der Waals surface area (Å²) < 4.78 is 0. The highest BCUT2D eigenvalue weighted by Crippen LogP contribution is 2.32. The molecule has 1 N–H and O–H groups in total. The zero-order valence-corrected chi connectivity index (χ0v) is 16.0. The number of nitro groups is 1. The molecule has 0 saturated heterocycles. The van der Waals surface area contributed by atoms with E-state index in [-0.39, 0.29) is 46.3 Å². The van der Waals surface area contributed by atoms with Gasteiger partial charge in [-0.2, -0.15) is 5.26 Å². The molecule has 0 heterocycles. The third kappa shape index (κ3) is 5.52. The van der Waals surface area contributed by atoms with Crippen molar-refractivity contribution in [3.8, 4) is 6.07 Å². The van der Waals surface area contributed by atoms with Crippen LogP contribution < -0.4 is 5.32 Å². The number of Topliss-reactive ketones (excluding diaryl/α,β-unsaturated/α-hetero) is 1. The van der Waals surface area contributed by atoms with Crippen LogP contribution in [0, 0.1) is 21.4 Å². The highest BCUT2D eigenvalue weighted by atomic mass is 35.5. The number of non-ortho nitro benzene ring substituents is 1. The number of ketones is 1. The maximum Gasteiger partial charge on any atom is 0.271 e. The molecule has 0 radical (unpaired) electrons. The molecule has 0 fully saturated rings. The highest BCUT2D eigenvalue weighted by molar-refractivity contribution is 6.36. The molecule has 7 nitrogen and oxygen atoms in total. The normalized spacial score (nSPS) is 11.3. The minimum atomic E-state index is -1.11. The number of carbonyl (C=O) groups is 2. The Morgan fingerprint density at radius 1 is 1.14 bits per heavy atom. The van der Waals surface area contributed by atoms with Crippen LogP contribution in [0.15, 0.2) is 42.5 Å². The lowest BCUT2D eigenvalue weighted by atomic mass is 9.93. The number of nitro benzene ring substituents is 1. The van der Waals surface area contributed by atoms with Gasteiger partial charge in [-0.25, -0.2) is 0 Å². The molecule has 0 aliphatic rings. The van der Waals surface area contributed by atoms with Crippen LogP contribution in [0.3, 0.4) is 0 Å². The van der Waals surface area contributed by atoms with Crippen molar-refractivity contribution in [2.75, 3.05) is 5.32 Å². The van der Waals surface area contributed by atoms with E-state index in [0.29, 0.717) is 5.69 Å². The van der Waals surface area contributed by atoms with Crippen molar-refractivity contribution in [1.29, 1.82) is 5.26 Å². The fourth-order valence-electron chi connectivity index (χ4n) is 2.57. The minimum Gasteiger partial charge on any atom is -0.326 e. The lowest BCUT2D eigenvalue weighted by molar-refractivity contribution is -0.384. The first kappa shape index (κ1) is 21.4. The monoisotopic (exact) mass is 419 g/mol. The fraction of sp³-hybridized carbons (Fsp3) is 0.211. The number of anilines is 1. The zero-order valence-electron chi connectivity index (χ0n) is 14.5. The van der Waals surface area contributed by atoms with Crippen LogP contribution in [0.5, 0.6) is 0 Å². The van der Waals surface area contributed by atoms with Gasteiger partial charge in [0.25, 0.3) is 5.69 Å². The summed E-state index contributed by atoms with van der Waals surface area (Å²) in [6.07, 6.45) is 0.213. The Kier molecular flexibility index (Phi) is 7.50. The van der Waals surface area contributed by atoms with Gasteiger partial charge in [-0.1, -0.05) is 35.3 Å². The highest BCUT2D eigenvalue weighted by Gasteiger charge is 2.24. The van der Waals surface area contributed by atoms with Crippen LogP contribution in [0.2, 0.25) is 10.0 Å². The number of nitrogens with zero attached hydrogens (tertiary/aromatic N) is 2. The number of hydrogen-bond donors (Lipinski definition) is 1. The second kappa shape index (κ2) is 9.83. The number of nitriles is 1. The van der Waals surface area contributed by atoms with Gasteiger partial charge in [0, 0.05) is 46.3 Å². The van der Waals surface area contributed by atoms with Crippen LogP contribution in [0.25, 0.3) is 0 Å². The molecule has 144 valence electrons. The Hall–Kier alpha value is -2.95. The summed E-state index contributed by atoms with van der Waals surface area (Å²) in [7, 11) is 0. The predicted molar refractivity (Wildman–Crippen MR) is 105 cm³/mol. The predicted octanol–water partition coefficient (Wildman–Crippen LogP) is 4.89. The third-order valence-corrected chi connectivity index (χ3v) is 4.57. The number of rotatable bonds is 8. The van der Waals surface area contributed by atoms with Gasteiger partial charge < -0.3 is 5.32 Å². The minimum absolute atomic E-state index is 0.0118. The summed E-state index contributed by atoms with van der Waals surface area (Å²) in [6, 6.07) is 12.2. The first-order chi connectivity index (χ1) is 13.3. The number of benzene rings is 2. The van der Waals surface area contributed by atoms with Crippen LogP contribution in [-0.4, -0.2) is 16.6 Å². The molecule has 0 bridgehead atoms. The molecular formula is C19H15Cl2N3O4. The molecule has 1 atom stereocenters. The Morgan fingerprint density at radius 3 is 2.39 bits per heavy atom. The summed E-state index contributed by atoms with van der Waals surface area (Å²) in [5, 5.41) is 23.1. The standard InChI is InChI=1S/C19H15Cl2N3O4/c20-15-6-2-7-16(21)19(15)14(11-22)17(25)8-3-9-18(26)23-12-4-1-5-13(10-12)24(27)28/h1-2,4-7,10,14H,3,8-9H2,(H,23,26)/t14-/m0/s1. The Labute approximate surface area is 171 Å². The average molecular weight is 420 g/mol. The maximum atomic E-state index is 12.4. The first-order valence-electron chi connectivity index (χ1n) is 8.24. The van der Waals surface area contributed by atoms with E-state index in [9.17, 15) is 25.0 Å². The van der Waals surface area contributed by atoms with E-state index in [0.717, 1.165) is 0 Å². The Balaban J connectivity index is 1.92. The van der Waals surface area contributed by atoms with Crippen LogP contribution in [0.1, 0.15) is 30.7 Å². The fourth-order valence-corrected chi connectivity index (χ4v) is 3.19. The molecule has 2 rings (SSSR count). The van der Waals surface area contributed by atoms with Gasteiger partial charge in [-0.15, -0.1) is 0 Å². The van der Waals surface area contributed by atoms with Crippen molar-refractivity contribution in [1.82, 2.24) is 0 Å². The van der Waals surface area contributed by atoms with E-state index in [1.165, 1.54) is 24.3 Å². The van der Waals surface area contributed by atoms with Gasteiger partial charge in [0.05, 0.1) is 11.0 Å². The number of halogens is 2. The molecule has 0 aromatic heterocycles. The van der Waals surface area contributed by atoms with Crippen molar-refractivity contribution >= 4 is 46.3 Å². The SMILES string of the molecule is N#C[C@@H](C(=O)CCCC(=O)Nc1cccc([N+](=O)[O-])c1)c1c(Cl)cccc1Cl. The van der Waals surface area contributed by atoms with E-state index in [4.69, 9.17) is 23.2 Å². The van der Waals surface area contributed by atoms with E-state index >= 15 is 0 Å². The molecule has 0 unspecified atom stereocenters. The smallest absolute Gasteiger partial charge is 0.271 e. The summed E-state index contributed by atoms with van der Waals surface area (Å²) in [6.45, 7) is 0. The quantitative estimate of drug-likeness (QED) is 0.483. The maximum absolute atomic E-state index is 12.4. The number of amides is 1. The summed E-state index contributed by atoms with van der Waals surface area (Å²) in [4.78, 5) is 34.6. The third-order valence-electron chi connectivity index (χ3n) is 3.91. The summed E-state index contributed by atoms with van der Waals surface area (Å²) in [5.74, 6) is -1.89. The van der Waals surface area contributed by atoms with E-state index < -0.39 is 16.7 Å². The van der Waals surface area contributed by atoms with Crippen LogP contribution >= 0.6 is 23.2 Å². The first-order valence-corrected chi connectivity index (χ1v) is 8.99. The van der Waals surface area contributed by atoms with Gasteiger partial charge in [0.1, 0.15) is 5.92 Å². The van der Waals surface area contributed by atoms with E-state index in [1.807, 2.05) is 6.07 Å². The molecule has 28 heavy (non-hydrogen) atoms. The summed E-state index contributed by atoms with van der Waals surface area (Å²) >= 11 is 12.1. The lowest BCUT2D eigenvalue weighted by Crippen LogP contribution is -2.15. The topological polar surface area (TPSA) is 113 Å². The van der Waals surface area contributed by atoms with Crippen molar-refractivity contribution in [2.45, 2.75) is 25.2 Å². The van der Waals surface area contributed by atoms with Crippen LogP contribution in [-0.2, 0) is 9.59 Å². The van der Waals surface area contributed by atoms with Crippen molar-refractivity contribution in [3.05, 3.63) is 68.2 Å². The van der Waals surface area contributed by atoms with Crippen molar-refractivity contribution in [3.63, 3.8) is 0 Å². The summed E-state index contributed by atoms with van der Waals surface area (Å²) in [5.41, 5.74) is 0.420. The molecular weight excluding hydrogens is 405 g/mol. The molecule has 9 heteroatoms. The number of carbonyl (C=O) groups excluding carboxylic acids is 2. The molecule has 0 spiro atoms. The molecule has 0 aliphatic heterocycles. The van der Waals surface area contributed by atoms with Gasteiger partial charge >= 0.3 is 0 Å². The number of nitrogens with one attached hydrogen (secondary N) is 1. The second-order valence-electron chi connectivity index (χ2n) is 5.87. The van der Waals surface area contributed by atoms with Gasteiger partial charge in [-0.3, -0.25) is 19.7 Å². The van der Waals surface area contributed by atoms with Gasteiger partial charge in [0.2, 0.25) is 5.91 Å². The average Bonchev–Trinajstić information content (AvgIpc) is 2.64. The second-order valence-corrected chi connectivity index (χ2v) is 6.69. The molecule has 0 saturated carbocycles. The Morgan fingerprint density at radius 2 is 1.79 bits per heavy atom. The van der Waals surface area contributed by atoms with Crippen molar-refractivity contribution < 1.29 is 14.5 Å². The van der Waals surface area contributed by atoms with Crippen LogP contribution in [0.4, 0.5) is 11.4 Å². The van der Waals surface area contributed by atoms with E-state index in [2.05, 4.69) is 5.32 Å². The largest absolute Gasteiger partial charge is 0.326 e. The molecule has 2 aromatic carbocycles. The number of hydrogen-bond acceptors (Lipinski definition) is 5.